The number of fused-ring (bicyclic) bond motifs is 2. The normalized spacial score (nSPS) is 15.7. The molecule has 1 unspecified atom stereocenters. The number of ether oxygens (including phenoxy) is 1. The highest BCUT2D eigenvalue weighted by Crippen LogP contribution is 2.26. The van der Waals surface area contributed by atoms with Crippen molar-refractivity contribution < 1.29 is 14.3 Å². The van der Waals surface area contributed by atoms with Crippen molar-refractivity contribution in [1.82, 2.24) is 19.2 Å². The van der Waals surface area contributed by atoms with Gasteiger partial charge in [0.2, 0.25) is 5.91 Å². The van der Waals surface area contributed by atoms with Gasteiger partial charge in [0.25, 0.3) is 5.56 Å². The van der Waals surface area contributed by atoms with Gasteiger partial charge in [-0.25, -0.2) is 0 Å². The average molecular weight is 460 g/mol. The maximum absolute atomic E-state index is 13.4. The zero-order chi connectivity index (χ0) is 23.8. The van der Waals surface area contributed by atoms with E-state index in [2.05, 4.69) is 10.4 Å². The van der Waals surface area contributed by atoms with Gasteiger partial charge in [-0.2, -0.15) is 5.10 Å². The summed E-state index contributed by atoms with van der Waals surface area (Å²) in [6.45, 7) is 0.709. The van der Waals surface area contributed by atoms with Crippen LogP contribution >= 0.6 is 0 Å². The van der Waals surface area contributed by atoms with Gasteiger partial charge in [-0.15, -0.1) is 0 Å². The number of carbonyl (C=O) groups excluding carboxylic acids is 2. The summed E-state index contributed by atoms with van der Waals surface area (Å²) in [5.41, 5.74) is 2.27. The third-order valence-corrected chi connectivity index (χ3v) is 6.41. The van der Waals surface area contributed by atoms with Crippen LogP contribution in [0.5, 0.6) is 0 Å². The second-order valence-electron chi connectivity index (χ2n) is 8.53. The molecule has 1 aliphatic heterocycles. The first-order valence-electron chi connectivity index (χ1n) is 11.1. The molecule has 1 aliphatic rings. The van der Waals surface area contributed by atoms with Gasteiger partial charge in [0, 0.05) is 37.4 Å². The molecule has 0 spiro atoms. The Labute approximate surface area is 195 Å². The van der Waals surface area contributed by atoms with Gasteiger partial charge in [0.15, 0.2) is 0 Å². The quantitative estimate of drug-likeness (QED) is 0.461. The number of aromatic nitrogens is 3. The molecule has 0 bridgehead atoms. The monoisotopic (exact) mass is 459 g/mol. The number of hydrogen-bond acceptors (Lipinski definition) is 6. The molecule has 1 atom stereocenters. The minimum absolute atomic E-state index is 0.0847. The number of aryl methyl sites for hydroxylation is 1. The van der Waals surface area contributed by atoms with E-state index in [0.717, 1.165) is 22.0 Å². The van der Waals surface area contributed by atoms with Gasteiger partial charge in [0.05, 0.1) is 35.8 Å². The van der Waals surface area contributed by atoms with E-state index in [1.807, 2.05) is 49.5 Å². The molecule has 0 radical (unpaired) electrons. The molecule has 1 saturated heterocycles. The lowest BCUT2D eigenvalue weighted by atomic mass is 10.1. The molecule has 174 valence electrons. The molecule has 4 aromatic rings. The minimum atomic E-state index is -0.310. The summed E-state index contributed by atoms with van der Waals surface area (Å²) >= 11 is 0. The molecular formula is C25H25N5O4. The van der Waals surface area contributed by atoms with Crippen LogP contribution in [-0.4, -0.2) is 51.3 Å². The highest BCUT2D eigenvalue weighted by Gasteiger charge is 2.31. The van der Waals surface area contributed by atoms with Crippen molar-refractivity contribution in [3.63, 3.8) is 0 Å². The summed E-state index contributed by atoms with van der Waals surface area (Å²) < 4.78 is 8.02. The first-order valence-corrected chi connectivity index (χ1v) is 11.1. The molecule has 2 aromatic carbocycles. The van der Waals surface area contributed by atoms with E-state index in [1.54, 1.807) is 22.0 Å². The Morgan fingerprint density at radius 3 is 2.85 bits per heavy atom. The van der Waals surface area contributed by atoms with Crippen molar-refractivity contribution in [1.29, 1.82) is 0 Å². The number of methoxy groups -OCH3 is 1. The summed E-state index contributed by atoms with van der Waals surface area (Å²) in [4.78, 5) is 39.6. The van der Waals surface area contributed by atoms with Crippen LogP contribution in [0.2, 0.25) is 0 Å². The van der Waals surface area contributed by atoms with Crippen molar-refractivity contribution >= 4 is 44.9 Å². The van der Waals surface area contributed by atoms with E-state index in [0.29, 0.717) is 30.6 Å². The lowest BCUT2D eigenvalue weighted by Crippen LogP contribution is -2.35. The lowest BCUT2D eigenvalue weighted by Gasteiger charge is -2.17. The summed E-state index contributed by atoms with van der Waals surface area (Å²) in [6, 6.07) is 13.4. The van der Waals surface area contributed by atoms with Crippen molar-refractivity contribution in [2.45, 2.75) is 13.0 Å². The topological polar surface area (TPSA) is 98.5 Å². The van der Waals surface area contributed by atoms with Crippen LogP contribution in [0, 0.1) is 5.92 Å². The van der Waals surface area contributed by atoms with Crippen LogP contribution in [0.25, 0.3) is 21.7 Å². The third kappa shape index (κ3) is 3.89. The molecule has 9 heteroatoms. The van der Waals surface area contributed by atoms with E-state index < -0.39 is 0 Å². The number of pyridine rings is 1. The van der Waals surface area contributed by atoms with E-state index in [4.69, 9.17) is 4.74 Å². The molecule has 3 heterocycles. The number of nitrogens with zero attached hydrogens (tertiary/aromatic N) is 4. The molecular weight excluding hydrogens is 434 g/mol. The Morgan fingerprint density at radius 1 is 1.18 bits per heavy atom. The maximum atomic E-state index is 13.4. The number of nitrogens with one attached hydrogen (secondary N) is 1. The van der Waals surface area contributed by atoms with Gasteiger partial charge >= 0.3 is 5.97 Å². The third-order valence-electron chi connectivity index (χ3n) is 6.41. The Hall–Kier alpha value is -4.14. The molecule has 1 amide bonds. The van der Waals surface area contributed by atoms with Crippen LogP contribution < -0.4 is 10.9 Å². The Bertz CT molecular complexity index is 1470. The Kier molecular flexibility index (Phi) is 5.53. The standard InChI is InChI=1S/C25H25N5O4/c1-28-21-7-6-19(12-18(21)13-26-28)27-20-5-3-4-16-8-11-30(24(32)23(16)20)15-22(31)29-10-9-17(14-29)25(33)34-2/h3-8,11-13,17,27H,9-10,14-15H2,1-2H3. The van der Waals surface area contributed by atoms with Gasteiger partial charge in [-0.1, -0.05) is 12.1 Å². The van der Waals surface area contributed by atoms with Crippen molar-refractivity contribution in [3.8, 4) is 0 Å². The zero-order valence-electron chi connectivity index (χ0n) is 19.0. The van der Waals surface area contributed by atoms with Gasteiger partial charge < -0.3 is 19.5 Å². The van der Waals surface area contributed by atoms with Crippen LogP contribution in [-0.2, 0) is 27.9 Å². The van der Waals surface area contributed by atoms with Crippen LogP contribution in [0.3, 0.4) is 0 Å². The van der Waals surface area contributed by atoms with E-state index >= 15 is 0 Å². The minimum Gasteiger partial charge on any atom is -0.469 e. The number of rotatable bonds is 5. The molecule has 0 saturated carbocycles. The zero-order valence-corrected chi connectivity index (χ0v) is 19.0. The number of amides is 1. The number of esters is 1. The highest BCUT2D eigenvalue weighted by atomic mass is 16.5. The predicted molar refractivity (Wildman–Crippen MR) is 129 cm³/mol. The molecule has 5 rings (SSSR count). The van der Waals surface area contributed by atoms with Crippen LogP contribution in [0.1, 0.15) is 6.42 Å². The SMILES string of the molecule is COC(=O)C1CCN(C(=O)Cn2ccc3cccc(Nc4ccc5c(cnn5C)c4)c3c2=O)C1. The second-order valence-corrected chi connectivity index (χ2v) is 8.53. The fraction of sp³-hybridized carbons (Fsp3) is 0.280. The van der Waals surface area contributed by atoms with E-state index in [-0.39, 0.29) is 29.9 Å². The largest absolute Gasteiger partial charge is 0.469 e. The average Bonchev–Trinajstić information content (AvgIpc) is 3.48. The van der Waals surface area contributed by atoms with Gasteiger partial charge in [-0.3, -0.25) is 19.1 Å². The van der Waals surface area contributed by atoms with Crippen LogP contribution in [0.4, 0.5) is 11.4 Å². The Balaban J connectivity index is 1.42. The van der Waals surface area contributed by atoms with Gasteiger partial charge in [0.1, 0.15) is 6.54 Å². The van der Waals surface area contributed by atoms with Crippen molar-refractivity contribution in [3.05, 3.63) is 65.2 Å². The summed E-state index contributed by atoms with van der Waals surface area (Å²) in [7, 11) is 3.24. The molecule has 34 heavy (non-hydrogen) atoms. The summed E-state index contributed by atoms with van der Waals surface area (Å²) in [6.07, 6.45) is 4.01. The molecule has 0 aliphatic carbocycles. The fourth-order valence-electron chi connectivity index (χ4n) is 4.55. The second kappa shape index (κ2) is 8.66. The Morgan fingerprint density at radius 2 is 2.03 bits per heavy atom. The molecule has 2 aromatic heterocycles. The first-order chi connectivity index (χ1) is 16.4. The molecule has 1 N–H and O–H groups in total. The van der Waals surface area contributed by atoms with Gasteiger partial charge in [-0.05, 0) is 42.1 Å². The predicted octanol–water partition coefficient (Wildman–Crippen LogP) is 2.65. The number of hydrogen-bond donors (Lipinski definition) is 1. The highest BCUT2D eigenvalue weighted by molar-refractivity contribution is 5.95. The summed E-state index contributed by atoms with van der Waals surface area (Å²) in [5.74, 6) is -0.811. The maximum Gasteiger partial charge on any atom is 0.310 e. The number of carbonyl (C=O) groups is 2. The van der Waals surface area contributed by atoms with Crippen molar-refractivity contribution in [2.75, 3.05) is 25.5 Å². The number of anilines is 2. The van der Waals surface area contributed by atoms with E-state index in [1.165, 1.54) is 11.7 Å². The summed E-state index contributed by atoms with van der Waals surface area (Å²) in [5, 5.41) is 9.91. The lowest BCUT2D eigenvalue weighted by molar-refractivity contribution is -0.145. The first kappa shape index (κ1) is 21.7. The van der Waals surface area contributed by atoms with Crippen LogP contribution in [0.15, 0.2) is 59.7 Å². The van der Waals surface area contributed by atoms with E-state index in [9.17, 15) is 14.4 Å². The van der Waals surface area contributed by atoms with Crippen molar-refractivity contribution in [2.24, 2.45) is 13.0 Å². The fourth-order valence-corrected chi connectivity index (χ4v) is 4.55. The smallest absolute Gasteiger partial charge is 0.310 e. The molecule has 9 nitrogen and oxygen atoms in total. The molecule has 1 fully saturated rings. The number of benzene rings is 2. The number of likely N-dealkylation sites (tertiary alicyclic amines) is 1.